The molecule has 0 radical (unpaired) electrons. The van der Waals surface area contributed by atoms with Crippen molar-refractivity contribution in [1.82, 2.24) is 4.90 Å². The van der Waals surface area contributed by atoms with E-state index in [2.05, 4.69) is 0 Å². The van der Waals surface area contributed by atoms with E-state index in [9.17, 15) is 14.4 Å². The average molecular weight is 376 g/mol. The van der Waals surface area contributed by atoms with Gasteiger partial charge in [-0.05, 0) is 37.0 Å². The van der Waals surface area contributed by atoms with Crippen LogP contribution in [0, 0.1) is 11.8 Å². The van der Waals surface area contributed by atoms with Crippen molar-refractivity contribution in [1.29, 1.82) is 0 Å². The van der Waals surface area contributed by atoms with Gasteiger partial charge in [-0.3, -0.25) is 14.4 Å². The molecule has 1 saturated heterocycles. The number of likely N-dealkylation sites (tertiary alicyclic amines) is 1. The van der Waals surface area contributed by atoms with Gasteiger partial charge in [0.25, 0.3) is 0 Å². The highest BCUT2D eigenvalue weighted by molar-refractivity contribution is 5.90. The van der Waals surface area contributed by atoms with Crippen LogP contribution in [0.1, 0.15) is 45.2 Å². The largest absolute Gasteiger partial charge is 0.497 e. The lowest BCUT2D eigenvalue weighted by Gasteiger charge is -2.31. The van der Waals surface area contributed by atoms with Crippen LogP contribution in [0.25, 0.3) is 0 Å². The number of methoxy groups -OCH3 is 1. The van der Waals surface area contributed by atoms with Gasteiger partial charge in [-0.2, -0.15) is 0 Å². The number of benzene rings is 1. The van der Waals surface area contributed by atoms with Crippen molar-refractivity contribution in [3.8, 4) is 5.75 Å². The molecule has 3 atom stereocenters. The Balaban J connectivity index is 2.49. The molecule has 3 unspecified atom stereocenters. The van der Waals surface area contributed by atoms with Crippen LogP contribution < -0.4 is 10.5 Å². The van der Waals surface area contributed by atoms with Gasteiger partial charge in [-0.1, -0.05) is 26.0 Å². The Hall–Kier alpha value is -2.57. The van der Waals surface area contributed by atoms with Crippen LogP contribution in [0.2, 0.25) is 0 Å². The molecule has 7 heteroatoms. The van der Waals surface area contributed by atoms with Gasteiger partial charge in [0, 0.05) is 6.42 Å². The van der Waals surface area contributed by atoms with Crippen LogP contribution in [0.4, 0.5) is 0 Å². The Morgan fingerprint density at radius 2 is 1.85 bits per heavy atom. The topological polar surface area (TPSA) is 98.9 Å². The van der Waals surface area contributed by atoms with E-state index >= 15 is 0 Å². The van der Waals surface area contributed by atoms with Gasteiger partial charge in [0.1, 0.15) is 11.8 Å². The van der Waals surface area contributed by atoms with E-state index in [4.69, 9.17) is 15.2 Å². The highest BCUT2D eigenvalue weighted by Gasteiger charge is 2.50. The van der Waals surface area contributed by atoms with Gasteiger partial charge in [0.2, 0.25) is 11.8 Å². The fraction of sp³-hybridized carbons (Fsp3) is 0.550. The van der Waals surface area contributed by atoms with Crippen LogP contribution in [0.5, 0.6) is 5.75 Å². The number of nitrogens with zero attached hydrogens (tertiary/aromatic N) is 1. The third-order valence-corrected chi connectivity index (χ3v) is 4.74. The van der Waals surface area contributed by atoms with Crippen LogP contribution in [-0.4, -0.2) is 42.4 Å². The maximum Gasteiger partial charge on any atom is 0.311 e. The molecule has 0 aliphatic carbocycles. The number of rotatable bonds is 7. The summed E-state index contributed by atoms with van der Waals surface area (Å²) in [5.41, 5.74) is 6.32. The molecule has 1 aromatic rings. The molecule has 27 heavy (non-hydrogen) atoms. The smallest absolute Gasteiger partial charge is 0.311 e. The van der Waals surface area contributed by atoms with Crippen LogP contribution in [0.3, 0.4) is 0 Å². The normalized spacial score (nSPS) is 22.0. The van der Waals surface area contributed by atoms with Crippen LogP contribution in [-0.2, 0) is 19.1 Å². The van der Waals surface area contributed by atoms with E-state index in [0.717, 1.165) is 5.56 Å². The highest BCUT2D eigenvalue weighted by Crippen LogP contribution is 2.42. The predicted molar refractivity (Wildman–Crippen MR) is 99.8 cm³/mol. The van der Waals surface area contributed by atoms with Gasteiger partial charge in [0.05, 0.1) is 25.7 Å². The van der Waals surface area contributed by atoms with Gasteiger partial charge in [0.15, 0.2) is 0 Å². The van der Waals surface area contributed by atoms with E-state index in [0.29, 0.717) is 5.75 Å². The van der Waals surface area contributed by atoms with E-state index in [1.165, 1.54) is 4.90 Å². The molecule has 0 spiro atoms. The molecule has 1 heterocycles. The van der Waals surface area contributed by atoms with Crippen molar-refractivity contribution in [3.05, 3.63) is 29.8 Å². The fourth-order valence-corrected chi connectivity index (χ4v) is 3.58. The minimum atomic E-state index is -0.835. The fourth-order valence-electron chi connectivity index (χ4n) is 3.58. The Kier molecular flexibility index (Phi) is 6.82. The molecule has 2 rings (SSSR count). The van der Waals surface area contributed by atoms with E-state index in [1.54, 1.807) is 38.3 Å². The second kappa shape index (κ2) is 8.88. The van der Waals surface area contributed by atoms with Crippen molar-refractivity contribution in [2.24, 2.45) is 17.6 Å². The number of primary amides is 1. The van der Waals surface area contributed by atoms with Crippen molar-refractivity contribution < 1.29 is 23.9 Å². The molecule has 7 nitrogen and oxygen atoms in total. The monoisotopic (exact) mass is 376 g/mol. The molecule has 1 aromatic carbocycles. The number of carbonyl (C=O) groups is 3. The summed E-state index contributed by atoms with van der Waals surface area (Å²) in [6.45, 7) is 5.81. The third-order valence-electron chi connectivity index (χ3n) is 4.74. The summed E-state index contributed by atoms with van der Waals surface area (Å²) in [4.78, 5) is 39.1. The van der Waals surface area contributed by atoms with E-state index in [-0.39, 0.29) is 31.3 Å². The molecule has 148 valence electrons. The summed E-state index contributed by atoms with van der Waals surface area (Å²) in [5, 5.41) is 0. The number of nitrogens with two attached hydrogens (primary N) is 1. The molecule has 2 N–H and O–H groups in total. The Morgan fingerprint density at radius 3 is 2.33 bits per heavy atom. The van der Waals surface area contributed by atoms with E-state index in [1.807, 2.05) is 13.8 Å². The van der Waals surface area contributed by atoms with Crippen LogP contribution >= 0.6 is 0 Å². The average Bonchev–Trinajstić information content (AvgIpc) is 3.02. The minimum Gasteiger partial charge on any atom is -0.497 e. The first-order valence-electron chi connectivity index (χ1n) is 9.21. The summed E-state index contributed by atoms with van der Waals surface area (Å²) in [7, 11) is 1.56. The number of ether oxygens (including phenoxy) is 2. The predicted octanol–water partition coefficient (Wildman–Crippen LogP) is 2.05. The molecule has 0 aromatic heterocycles. The third kappa shape index (κ3) is 4.59. The number of carbonyl (C=O) groups excluding carboxylic acids is 3. The molecular formula is C20H28N2O5. The van der Waals surface area contributed by atoms with Crippen molar-refractivity contribution in [2.75, 3.05) is 13.7 Å². The zero-order valence-corrected chi connectivity index (χ0v) is 16.3. The van der Waals surface area contributed by atoms with Gasteiger partial charge < -0.3 is 20.1 Å². The summed E-state index contributed by atoms with van der Waals surface area (Å²) in [6.07, 6.45) is 0.431. The van der Waals surface area contributed by atoms with Gasteiger partial charge in [-0.15, -0.1) is 0 Å². The Labute approximate surface area is 159 Å². The number of esters is 1. The summed E-state index contributed by atoms with van der Waals surface area (Å²) < 4.78 is 10.4. The zero-order chi connectivity index (χ0) is 20.1. The Bertz CT molecular complexity index is 686. The summed E-state index contributed by atoms with van der Waals surface area (Å²) in [5.74, 6) is -1.10. The first-order valence-corrected chi connectivity index (χ1v) is 9.21. The highest BCUT2D eigenvalue weighted by atomic mass is 16.5. The van der Waals surface area contributed by atoms with Crippen molar-refractivity contribution >= 4 is 17.8 Å². The Morgan fingerprint density at radius 1 is 1.22 bits per heavy atom. The van der Waals surface area contributed by atoms with E-state index < -0.39 is 29.9 Å². The van der Waals surface area contributed by atoms with Crippen LogP contribution in [0.15, 0.2) is 24.3 Å². The minimum absolute atomic E-state index is 0.115. The number of hydrogen-bond acceptors (Lipinski definition) is 5. The second-order valence-corrected chi connectivity index (χ2v) is 7.13. The molecular weight excluding hydrogens is 348 g/mol. The number of amides is 2. The SMILES string of the molecule is CCOC(=O)C1CC(C(N)=O)N(C(=O)CC(C)C)C1c1ccc(OC)cc1. The molecule has 2 amide bonds. The van der Waals surface area contributed by atoms with Gasteiger partial charge >= 0.3 is 5.97 Å². The zero-order valence-electron chi connectivity index (χ0n) is 16.3. The lowest BCUT2D eigenvalue weighted by Crippen LogP contribution is -2.45. The first-order chi connectivity index (χ1) is 12.8. The standard InChI is InChI=1S/C20H28N2O5/c1-5-27-20(25)15-11-16(19(21)24)22(17(23)10-12(2)3)18(15)13-6-8-14(26-4)9-7-13/h6-9,12,15-16,18H,5,10-11H2,1-4H3,(H2,21,24). The lowest BCUT2D eigenvalue weighted by molar-refractivity contribution is -0.149. The first kappa shape index (κ1) is 20.7. The molecule has 1 aliphatic heterocycles. The van der Waals surface area contributed by atoms with Gasteiger partial charge in [-0.25, -0.2) is 0 Å². The maximum atomic E-state index is 12.9. The summed E-state index contributed by atoms with van der Waals surface area (Å²) >= 11 is 0. The maximum absolute atomic E-state index is 12.9. The lowest BCUT2D eigenvalue weighted by atomic mass is 9.92. The quantitative estimate of drug-likeness (QED) is 0.734. The summed E-state index contributed by atoms with van der Waals surface area (Å²) in [6, 6.07) is 5.70. The molecule has 1 fully saturated rings. The molecule has 0 saturated carbocycles. The van der Waals surface area contributed by atoms with Crippen molar-refractivity contribution in [2.45, 2.75) is 45.7 Å². The molecule has 1 aliphatic rings. The second-order valence-electron chi connectivity index (χ2n) is 7.13. The van der Waals surface area contributed by atoms with Crippen molar-refractivity contribution in [3.63, 3.8) is 0 Å². The number of hydrogen-bond donors (Lipinski definition) is 1. The molecule has 0 bridgehead atoms.